The summed E-state index contributed by atoms with van der Waals surface area (Å²) in [6.07, 6.45) is 42.6. The Morgan fingerprint density at radius 2 is 0.929 bits per heavy atom. The van der Waals surface area contributed by atoms with Crippen molar-refractivity contribution in [2.75, 3.05) is 6.61 Å². The average molecular weight is 592 g/mol. The van der Waals surface area contributed by atoms with E-state index in [1.54, 1.807) is 6.08 Å². The zero-order valence-corrected chi connectivity index (χ0v) is 28.3. The quantitative estimate of drug-likeness (QED) is 0.0525. The van der Waals surface area contributed by atoms with Crippen LogP contribution in [0, 0.1) is 0 Å². The number of carbonyl (C=O) groups excluding carboxylic acids is 1. The second-order valence-electron chi connectivity index (χ2n) is 12.6. The van der Waals surface area contributed by atoms with E-state index in [1.807, 2.05) is 6.08 Å². The number of hydrogen-bond donors (Lipinski definition) is 3. The largest absolute Gasteiger partial charge is 0.394 e. The van der Waals surface area contributed by atoms with Crippen molar-refractivity contribution in [1.29, 1.82) is 0 Å². The molecule has 4 nitrogen and oxygen atoms in total. The van der Waals surface area contributed by atoms with Crippen molar-refractivity contribution >= 4 is 5.91 Å². The fourth-order valence-electron chi connectivity index (χ4n) is 5.55. The summed E-state index contributed by atoms with van der Waals surface area (Å²) in [5, 5.41) is 22.8. The molecule has 0 bridgehead atoms. The van der Waals surface area contributed by atoms with Gasteiger partial charge in [-0.2, -0.15) is 0 Å². The molecular formula is C38H73NO3. The lowest BCUT2D eigenvalue weighted by Crippen LogP contribution is -2.45. The molecule has 1 amide bonds. The summed E-state index contributed by atoms with van der Waals surface area (Å²) in [6, 6.07) is -0.632. The van der Waals surface area contributed by atoms with Gasteiger partial charge in [-0.15, -0.1) is 0 Å². The lowest BCUT2D eigenvalue weighted by Gasteiger charge is -2.19. The first-order valence-corrected chi connectivity index (χ1v) is 18.6. The van der Waals surface area contributed by atoms with E-state index < -0.39 is 12.1 Å². The first-order chi connectivity index (χ1) is 20.7. The van der Waals surface area contributed by atoms with Crippen LogP contribution in [0.2, 0.25) is 0 Å². The van der Waals surface area contributed by atoms with E-state index in [4.69, 9.17) is 0 Å². The Hall–Kier alpha value is -1.13. The van der Waals surface area contributed by atoms with Crippen LogP contribution in [0.25, 0.3) is 0 Å². The molecule has 0 saturated carbocycles. The highest BCUT2D eigenvalue weighted by Gasteiger charge is 2.17. The number of hydrogen-bond acceptors (Lipinski definition) is 3. The Bertz CT molecular complexity index is 603. The fourth-order valence-corrected chi connectivity index (χ4v) is 5.55. The van der Waals surface area contributed by atoms with E-state index in [0.29, 0.717) is 6.42 Å². The van der Waals surface area contributed by atoms with Gasteiger partial charge in [-0.05, 0) is 32.1 Å². The van der Waals surface area contributed by atoms with Gasteiger partial charge in [-0.1, -0.05) is 179 Å². The van der Waals surface area contributed by atoms with Crippen molar-refractivity contribution in [3.63, 3.8) is 0 Å². The molecule has 2 unspecified atom stereocenters. The van der Waals surface area contributed by atoms with Crippen molar-refractivity contribution < 1.29 is 15.0 Å². The molecule has 0 aromatic carbocycles. The predicted octanol–water partition coefficient (Wildman–Crippen LogP) is 10.9. The van der Waals surface area contributed by atoms with Crippen molar-refractivity contribution in [2.45, 2.75) is 206 Å². The standard InChI is InChI=1S/C38H73NO3/c1-3-5-7-9-11-13-15-17-18-19-20-21-22-23-25-27-29-31-33-37(41)36(35-40)39-38(42)34-32-30-28-26-24-16-14-12-10-8-6-4-2/h23,25,31,33,36-37,40-41H,3-22,24,26-30,32,34-35H2,1-2H3,(H,39,42)/b25-23+,33-31+. The lowest BCUT2D eigenvalue weighted by atomic mass is 10.0. The second kappa shape index (κ2) is 34.4. The van der Waals surface area contributed by atoms with Crippen LogP contribution in [0.1, 0.15) is 194 Å². The van der Waals surface area contributed by atoms with Crippen LogP contribution < -0.4 is 5.32 Å². The minimum absolute atomic E-state index is 0.0747. The topological polar surface area (TPSA) is 69.6 Å². The van der Waals surface area contributed by atoms with Crippen LogP contribution >= 0.6 is 0 Å². The summed E-state index contributed by atoms with van der Waals surface area (Å²) in [4.78, 5) is 12.3. The number of aliphatic hydroxyl groups excluding tert-OH is 2. The molecule has 0 aromatic rings. The molecule has 0 rings (SSSR count). The average Bonchev–Trinajstić information content (AvgIpc) is 2.99. The Kier molecular flexibility index (Phi) is 33.4. The van der Waals surface area contributed by atoms with Gasteiger partial charge < -0.3 is 15.5 Å². The molecule has 248 valence electrons. The molecule has 0 aliphatic carbocycles. The Morgan fingerprint density at radius 1 is 0.548 bits per heavy atom. The van der Waals surface area contributed by atoms with Crippen LogP contribution in [0.5, 0.6) is 0 Å². The molecule has 3 N–H and O–H groups in total. The van der Waals surface area contributed by atoms with Crippen molar-refractivity contribution in [1.82, 2.24) is 5.32 Å². The van der Waals surface area contributed by atoms with E-state index in [9.17, 15) is 15.0 Å². The fraction of sp³-hybridized carbons (Fsp3) is 0.868. The van der Waals surface area contributed by atoms with E-state index in [2.05, 4.69) is 31.3 Å². The summed E-state index contributed by atoms with van der Waals surface area (Å²) >= 11 is 0. The molecule has 4 heteroatoms. The minimum Gasteiger partial charge on any atom is -0.394 e. The van der Waals surface area contributed by atoms with Gasteiger partial charge in [0, 0.05) is 6.42 Å². The lowest BCUT2D eigenvalue weighted by molar-refractivity contribution is -0.123. The number of allylic oxidation sites excluding steroid dienone is 3. The second-order valence-corrected chi connectivity index (χ2v) is 12.6. The highest BCUT2D eigenvalue weighted by molar-refractivity contribution is 5.76. The molecule has 0 radical (unpaired) electrons. The van der Waals surface area contributed by atoms with Crippen molar-refractivity contribution in [3.05, 3.63) is 24.3 Å². The molecule has 0 spiro atoms. The van der Waals surface area contributed by atoms with Gasteiger partial charge in [0.25, 0.3) is 0 Å². The van der Waals surface area contributed by atoms with Gasteiger partial charge in [0.05, 0.1) is 18.8 Å². The summed E-state index contributed by atoms with van der Waals surface area (Å²) in [5.41, 5.74) is 0. The highest BCUT2D eigenvalue weighted by atomic mass is 16.3. The third-order valence-corrected chi connectivity index (χ3v) is 8.44. The molecule has 42 heavy (non-hydrogen) atoms. The molecule has 0 heterocycles. The Balaban J connectivity index is 3.65. The maximum Gasteiger partial charge on any atom is 0.220 e. The number of amides is 1. The number of nitrogens with one attached hydrogen (secondary N) is 1. The molecule has 0 aliphatic rings. The van der Waals surface area contributed by atoms with E-state index in [0.717, 1.165) is 32.1 Å². The first kappa shape index (κ1) is 40.9. The molecule has 0 saturated heterocycles. The number of carbonyl (C=O) groups is 1. The first-order valence-electron chi connectivity index (χ1n) is 18.6. The predicted molar refractivity (Wildman–Crippen MR) is 184 cm³/mol. The summed E-state index contributed by atoms with van der Waals surface area (Å²) in [5.74, 6) is -0.0747. The number of unbranched alkanes of at least 4 members (excludes halogenated alkanes) is 24. The van der Waals surface area contributed by atoms with Crippen LogP contribution in [0.3, 0.4) is 0 Å². The van der Waals surface area contributed by atoms with E-state index in [1.165, 1.54) is 141 Å². The normalized spacial score (nSPS) is 13.3. The highest BCUT2D eigenvalue weighted by Crippen LogP contribution is 2.14. The smallest absolute Gasteiger partial charge is 0.220 e. The van der Waals surface area contributed by atoms with Crippen LogP contribution in [-0.2, 0) is 4.79 Å². The molecule has 0 aromatic heterocycles. The SMILES string of the molecule is CCCCCCCCCCCCCC/C=C/CC/C=C/C(O)C(CO)NC(=O)CCCCCCCCCCCCCC. The van der Waals surface area contributed by atoms with Crippen LogP contribution in [0.15, 0.2) is 24.3 Å². The Morgan fingerprint density at radius 3 is 1.38 bits per heavy atom. The van der Waals surface area contributed by atoms with Crippen molar-refractivity contribution in [3.8, 4) is 0 Å². The minimum atomic E-state index is -0.856. The third-order valence-electron chi connectivity index (χ3n) is 8.44. The number of aliphatic hydroxyl groups is 2. The molecular weight excluding hydrogens is 518 g/mol. The van der Waals surface area contributed by atoms with Gasteiger partial charge in [0.15, 0.2) is 0 Å². The van der Waals surface area contributed by atoms with Gasteiger partial charge in [-0.25, -0.2) is 0 Å². The van der Waals surface area contributed by atoms with Crippen LogP contribution in [0.4, 0.5) is 0 Å². The molecule has 2 atom stereocenters. The van der Waals surface area contributed by atoms with Gasteiger partial charge in [0.1, 0.15) is 0 Å². The molecule has 0 fully saturated rings. The van der Waals surface area contributed by atoms with E-state index >= 15 is 0 Å². The summed E-state index contributed by atoms with van der Waals surface area (Å²) < 4.78 is 0. The Labute approximate surface area is 262 Å². The van der Waals surface area contributed by atoms with Gasteiger partial charge >= 0.3 is 0 Å². The van der Waals surface area contributed by atoms with Gasteiger partial charge in [-0.3, -0.25) is 4.79 Å². The summed E-state index contributed by atoms with van der Waals surface area (Å²) in [6.45, 7) is 4.28. The van der Waals surface area contributed by atoms with Crippen LogP contribution in [-0.4, -0.2) is 34.9 Å². The maximum absolute atomic E-state index is 12.3. The third kappa shape index (κ3) is 30.3. The zero-order valence-electron chi connectivity index (χ0n) is 28.3. The zero-order chi connectivity index (χ0) is 30.8. The molecule has 0 aliphatic heterocycles. The number of rotatable bonds is 33. The summed E-state index contributed by atoms with van der Waals surface area (Å²) in [7, 11) is 0. The van der Waals surface area contributed by atoms with E-state index in [-0.39, 0.29) is 12.5 Å². The monoisotopic (exact) mass is 592 g/mol. The van der Waals surface area contributed by atoms with Gasteiger partial charge in [0.2, 0.25) is 5.91 Å². The van der Waals surface area contributed by atoms with Crippen molar-refractivity contribution in [2.24, 2.45) is 0 Å². The maximum atomic E-state index is 12.3.